The minimum Gasteiger partial charge on any atom is -0.466 e. The van der Waals surface area contributed by atoms with Crippen LogP contribution in [0.15, 0.2) is 81.9 Å². The second-order valence-corrected chi connectivity index (χ2v) is 8.28. The summed E-state index contributed by atoms with van der Waals surface area (Å²) < 4.78 is 7.04. The molecule has 0 saturated heterocycles. The van der Waals surface area contributed by atoms with E-state index in [1.165, 1.54) is 18.4 Å². The number of allylic oxidation sites excluding steroid dienone is 1. The number of ether oxygens (including phenoxy) is 1. The highest BCUT2D eigenvalue weighted by molar-refractivity contribution is 7.07. The first-order valence-electron chi connectivity index (χ1n) is 9.94. The quantitative estimate of drug-likeness (QED) is 0.455. The third-order valence-electron chi connectivity index (χ3n) is 5.29. The smallest absolute Gasteiger partial charge is 0.338 e. The summed E-state index contributed by atoms with van der Waals surface area (Å²) in [5.41, 5.74) is 3.56. The number of methoxy groups -OCH3 is 1. The molecule has 0 amide bonds. The second kappa shape index (κ2) is 7.97. The molecular weight excluding hydrogens is 424 g/mol. The zero-order chi connectivity index (χ0) is 22.2. The Labute approximate surface area is 186 Å². The Morgan fingerprint density at radius 2 is 1.81 bits per heavy atom. The number of hydrogen-bond donors (Lipinski definition) is 0. The fraction of sp³-hybridized carbons (Fsp3) is 0.125. The van der Waals surface area contributed by atoms with E-state index in [9.17, 15) is 9.59 Å². The average Bonchev–Trinajstić information content (AvgIpc) is 3.12. The number of rotatable bonds is 3. The van der Waals surface area contributed by atoms with Gasteiger partial charge in [0.25, 0.3) is 5.56 Å². The van der Waals surface area contributed by atoms with Crippen molar-refractivity contribution in [3.8, 4) is 0 Å². The topological polar surface area (TPSA) is 86.4 Å². The molecule has 1 atom stereocenters. The summed E-state index contributed by atoms with van der Waals surface area (Å²) in [6, 6.07) is 16.4. The number of carbonyl (C=O) groups is 1. The molecule has 0 unspecified atom stereocenters. The van der Waals surface area contributed by atoms with E-state index >= 15 is 0 Å². The molecule has 0 radical (unpaired) electrons. The number of esters is 1. The molecule has 0 fully saturated rings. The summed E-state index contributed by atoms with van der Waals surface area (Å²) in [6.07, 6.45) is 3.35. The van der Waals surface area contributed by atoms with Gasteiger partial charge in [0.1, 0.15) is 0 Å². The molecule has 0 spiro atoms. The minimum atomic E-state index is -0.621. The molecule has 2 aromatic carbocycles. The predicted octanol–water partition coefficient (Wildman–Crippen LogP) is 2.35. The Hall–Kier alpha value is -3.91. The molecular formula is C24H18N4O3S. The second-order valence-electron chi connectivity index (χ2n) is 7.27. The van der Waals surface area contributed by atoms with Gasteiger partial charge in [0.15, 0.2) is 4.80 Å². The van der Waals surface area contributed by atoms with Gasteiger partial charge in [-0.25, -0.2) is 14.8 Å². The van der Waals surface area contributed by atoms with Crippen LogP contribution < -0.4 is 14.9 Å². The zero-order valence-corrected chi connectivity index (χ0v) is 18.2. The number of carbonyl (C=O) groups excluding carboxylic acids is 1. The first-order chi connectivity index (χ1) is 15.6. The normalized spacial score (nSPS) is 16.1. The first kappa shape index (κ1) is 20.0. The highest BCUT2D eigenvalue weighted by Crippen LogP contribution is 2.30. The first-order valence-corrected chi connectivity index (χ1v) is 10.8. The van der Waals surface area contributed by atoms with Gasteiger partial charge in [0.05, 0.1) is 51.9 Å². The molecule has 2 aromatic heterocycles. The van der Waals surface area contributed by atoms with Gasteiger partial charge < -0.3 is 4.74 Å². The fourth-order valence-corrected chi connectivity index (χ4v) is 4.85. The third-order valence-corrected chi connectivity index (χ3v) is 6.27. The Kier molecular flexibility index (Phi) is 4.99. The van der Waals surface area contributed by atoms with Crippen LogP contribution >= 0.6 is 11.3 Å². The number of para-hydroxylation sites is 2. The van der Waals surface area contributed by atoms with E-state index in [0.29, 0.717) is 26.3 Å². The van der Waals surface area contributed by atoms with Crippen LogP contribution in [0.3, 0.4) is 0 Å². The van der Waals surface area contributed by atoms with Crippen LogP contribution in [-0.2, 0) is 9.53 Å². The number of fused-ring (bicyclic) bond motifs is 2. The van der Waals surface area contributed by atoms with Crippen molar-refractivity contribution in [2.24, 2.45) is 4.99 Å². The highest BCUT2D eigenvalue weighted by atomic mass is 32.1. The molecule has 4 aromatic rings. The Balaban J connectivity index is 1.73. The number of thiazole rings is 1. The molecule has 0 saturated carbocycles. The monoisotopic (exact) mass is 442 g/mol. The lowest BCUT2D eigenvalue weighted by molar-refractivity contribution is -0.136. The Morgan fingerprint density at radius 1 is 1.09 bits per heavy atom. The van der Waals surface area contributed by atoms with Crippen molar-refractivity contribution in [3.05, 3.63) is 103 Å². The molecule has 158 valence electrons. The van der Waals surface area contributed by atoms with E-state index in [0.717, 1.165) is 16.6 Å². The molecule has 32 heavy (non-hydrogen) atoms. The lowest BCUT2D eigenvalue weighted by atomic mass is 9.96. The van der Waals surface area contributed by atoms with Crippen LogP contribution in [0.25, 0.3) is 17.1 Å². The summed E-state index contributed by atoms with van der Waals surface area (Å²) in [4.78, 5) is 40.2. The molecule has 3 heterocycles. The van der Waals surface area contributed by atoms with Crippen LogP contribution in [0.5, 0.6) is 0 Å². The van der Waals surface area contributed by atoms with E-state index in [1.807, 2.05) is 54.6 Å². The minimum absolute atomic E-state index is 0.244. The number of hydrogen-bond acceptors (Lipinski definition) is 7. The van der Waals surface area contributed by atoms with Crippen molar-refractivity contribution in [2.45, 2.75) is 13.0 Å². The van der Waals surface area contributed by atoms with Crippen LogP contribution in [0.4, 0.5) is 0 Å². The van der Waals surface area contributed by atoms with Gasteiger partial charge in [-0.1, -0.05) is 53.8 Å². The van der Waals surface area contributed by atoms with Crippen LogP contribution in [0, 0.1) is 0 Å². The Bertz CT molecular complexity index is 1570. The van der Waals surface area contributed by atoms with Gasteiger partial charge in [-0.3, -0.25) is 14.3 Å². The van der Waals surface area contributed by atoms with E-state index in [-0.39, 0.29) is 5.56 Å². The molecule has 0 aliphatic carbocycles. The summed E-state index contributed by atoms with van der Waals surface area (Å²) >= 11 is 1.26. The maximum atomic E-state index is 13.5. The SMILES string of the molecule is COC(=O)C1=C(C)N=c2s/c(=C/c3cnc4ccccc4n3)c(=O)n2[C@H]1c1ccccc1. The molecule has 1 aliphatic rings. The van der Waals surface area contributed by atoms with Crippen molar-refractivity contribution in [2.75, 3.05) is 7.11 Å². The fourth-order valence-electron chi connectivity index (χ4n) is 3.82. The van der Waals surface area contributed by atoms with Gasteiger partial charge in [-0.15, -0.1) is 0 Å². The van der Waals surface area contributed by atoms with Gasteiger partial charge in [-0.2, -0.15) is 0 Å². The number of nitrogens with zero attached hydrogens (tertiary/aromatic N) is 4. The summed E-state index contributed by atoms with van der Waals surface area (Å²) in [6.45, 7) is 1.76. The van der Waals surface area contributed by atoms with Crippen molar-refractivity contribution in [3.63, 3.8) is 0 Å². The molecule has 0 N–H and O–H groups in total. The van der Waals surface area contributed by atoms with Crippen LogP contribution in [0.2, 0.25) is 0 Å². The van der Waals surface area contributed by atoms with Crippen LogP contribution in [-0.4, -0.2) is 27.6 Å². The lowest BCUT2D eigenvalue weighted by Gasteiger charge is -2.24. The van der Waals surface area contributed by atoms with Crippen LogP contribution in [0.1, 0.15) is 24.2 Å². The Morgan fingerprint density at radius 3 is 2.56 bits per heavy atom. The lowest BCUT2D eigenvalue weighted by Crippen LogP contribution is -2.39. The zero-order valence-electron chi connectivity index (χ0n) is 17.4. The number of aromatic nitrogens is 3. The third kappa shape index (κ3) is 3.34. The van der Waals surface area contributed by atoms with Gasteiger partial charge in [0, 0.05) is 0 Å². The molecule has 7 nitrogen and oxygen atoms in total. The molecule has 8 heteroatoms. The van der Waals surface area contributed by atoms with Crippen molar-refractivity contribution in [1.29, 1.82) is 0 Å². The van der Waals surface area contributed by atoms with Gasteiger partial charge >= 0.3 is 5.97 Å². The molecule has 0 bridgehead atoms. The van der Waals surface area contributed by atoms with E-state index in [2.05, 4.69) is 15.0 Å². The summed E-state index contributed by atoms with van der Waals surface area (Å²) in [7, 11) is 1.33. The van der Waals surface area contributed by atoms with Crippen molar-refractivity contribution >= 4 is 34.4 Å². The summed E-state index contributed by atoms with van der Waals surface area (Å²) in [5, 5.41) is 0. The van der Waals surface area contributed by atoms with E-state index in [4.69, 9.17) is 4.74 Å². The molecule has 5 rings (SSSR count). The maximum absolute atomic E-state index is 13.5. The highest BCUT2D eigenvalue weighted by Gasteiger charge is 2.32. The maximum Gasteiger partial charge on any atom is 0.338 e. The largest absolute Gasteiger partial charge is 0.466 e. The van der Waals surface area contributed by atoms with E-state index < -0.39 is 12.0 Å². The van der Waals surface area contributed by atoms with Crippen molar-refractivity contribution < 1.29 is 9.53 Å². The van der Waals surface area contributed by atoms with E-state index in [1.54, 1.807) is 23.8 Å². The standard InChI is InChI=1S/C24H18N4O3S/c1-14-20(23(30)31-2)21(15-8-4-3-5-9-15)28-22(29)19(32-24(28)26-14)12-16-13-25-17-10-6-7-11-18(17)27-16/h3-13,21H,1-2H3/b19-12+/t21-/m0/s1. The molecule has 1 aliphatic heterocycles. The predicted molar refractivity (Wildman–Crippen MR) is 122 cm³/mol. The summed E-state index contributed by atoms with van der Waals surface area (Å²) in [5.74, 6) is -0.505. The number of benzene rings is 2. The van der Waals surface area contributed by atoms with Crippen molar-refractivity contribution in [1.82, 2.24) is 14.5 Å². The van der Waals surface area contributed by atoms with Gasteiger partial charge in [0.2, 0.25) is 0 Å². The van der Waals surface area contributed by atoms with Gasteiger partial charge in [-0.05, 0) is 30.7 Å². The average molecular weight is 443 g/mol.